The van der Waals surface area contributed by atoms with Gasteiger partial charge >= 0.3 is 0 Å². The predicted octanol–water partition coefficient (Wildman–Crippen LogP) is 5.64. The molecule has 0 aliphatic heterocycles. The van der Waals surface area contributed by atoms with Crippen LogP contribution in [-0.2, 0) is 6.61 Å². The molecule has 3 aromatic rings. The first-order valence-corrected chi connectivity index (χ1v) is 9.15. The topological polar surface area (TPSA) is 38.3 Å². The van der Waals surface area contributed by atoms with Gasteiger partial charge in [0.05, 0.1) is 4.88 Å². The lowest BCUT2D eigenvalue weighted by Crippen LogP contribution is -2.10. The van der Waals surface area contributed by atoms with E-state index in [1.165, 1.54) is 17.4 Å². The standard InChI is InChI=1S/C21H20FNO2S/c1-13-4-5-15(3)19(8-13)25-11-16-9-20(26-12-16)21(24)23-17-7-6-14(2)18(22)10-17/h4-10,12H,11H2,1-3H3,(H,23,24). The minimum atomic E-state index is -0.336. The van der Waals surface area contributed by atoms with E-state index in [0.717, 1.165) is 22.4 Å². The Bertz CT molecular complexity index is 949. The van der Waals surface area contributed by atoms with Crippen LogP contribution in [0.1, 0.15) is 31.9 Å². The summed E-state index contributed by atoms with van der Waals surface area (Å²) in [5, 5.41) is 4.62. The summed E-state index contributed by atoms with van der Waals surface area (Å²) in [5.74, 6) is 0.255. The zero-order chi connectivity index (χ0) is 18.7. The maximum Gasteiger partial charge on any atom is 0.265 e. The van der Waals surface area contributed by atoms with Crippen LogP contribution in [0.4, 0.5) is 10.1 Å². The van der Waals surface area contributed by atoms with Crippen molar-refractivity contribution in [2.24, 2.45) is 0 Å². The fraction of sp³-hybridized carbons (Fsp3) is 0.190. The summed E-state index contributed by atoms with van der Waals surface area (Å²) < 4.78 is 19.5. The monoisotopic (exact) mass is 369 g/mol. The van der Waals surface area contributed by atoms with Crippen molar-refractivity contribution in [2.75, 3.05) is 5.32 Å². The van der Waals surface area contributed by atoms with Gasteiger partial charge in [0.2, 0.25) is 0 Å². The molecule has 0 saturated carbocycles. The molecule has 0 aliphatic carbocycles. The fourth-order valence-corrected chi connectivity index (χ4v) is 3.25. The van der Waals surface area contributed by atoms with E-state index in [1.54, 1.807) is 25.1 Å². The maximum atomic E-state index is 13.6. The number of rotatable bonds is 5. The van der Waals surface area contributed by atoms with Gasteiger partial charge in [0.25, 0.3) is 5.91 Å². The van der Waals surface area contributed by atoms with Gasteiger partial charge in [-0.3, -0.25) is 4.79 Å². The molecule has 134 valence electrons. The largest absolute Gasteiger partial charge is 0.489 e. The number of aryl methyl sites for hydroxylation is 3. The van der Waals surface area contributed by atoms with Crippen molar-refractivity contribution in [1.29, 1.82) is 0 Å². The van der Waals surface area contributed by atoms with Gasteiger partial charge in [0.15, 0.2) is 0 Å². The maximum absolute atomic E-state index is 13.6. The van der Waals surface area contributed by atoms with Crippen molar-refractivity contribution < 1.29 is 13.9 Å². The van der Waals surface area contributed by atoms with Crippen LogP contribution in [0.25, 0.3) is 0 Å². The van der Waals surface area contributed by atoms with E-state index in [-0.39, 0.29) is 11.7 Å². The molecule has 0 aliphatic rings. The number of ether oxygens (including phenoxy) is 1. The summed E-state index contributed by atoms with van der Waals surface area (Å²) in [6, 6.07) is 12.5. The molecule has 3 rings (SSSR count). The van der Waals surface area contributed by atoms with Gasteiger partial charge in [-0.2, -0.15) is 0 Å². The number of nitrogens with one attached hydrogen (secondary N) is 1. The molecule has 1 heterocycles. The normalized spacial score (nSPS) is 10.6. The molecule has 0 fully saturated rings. The van der Waals surface area contributed by atoms with Gasteiger partial charge in [-0.25, -0.2) is 4.39 Å². The molecule has 0 bridgehead atoms. The number of thiophene rings is 1. The number of benzene rings is 2. The molecule has 5 heteroatoms. The summed E-state index contributed by atoms with van der Waals surface area (Å²) >= 11 is 1.34. The molecule has 26 heavy (non-hydrogen) atoms. The van der Waals surface area contributed by atoms with Gasteiger partial charge in [-0.05, 0) is 67.1 Å². The SMILES string of the molecule is Cc1ccc(C)c(OCc2csc(C(=O)Nc3ccc(C)c(F)c3)c2)c1. The lowest BCUT2D eigenvalue weighted by Gasteiger charge is -2.09. The highest BCUT2D eigenvalue weighted by molar-refractivity contribution is 7.12. The molecule has 1 aromatic heterocycles. The average molecular weight is 369 g/mol. The van der Waals surface area contributed by atoms with Gasteiger partial charge < -0.3 is 10.1 Å². The Balaban J connectivity index is 1.64. The predicted molar refractivity (Wildman–Crippen MR) is 104 cm³/mol. The van der Waals surface area contributed by atoms with Crippen molar-refractivity contribution >= 4 is 22.9 Å². The highest BCUT2D eigenvalue weighted by Crippen LogP contribution is 2.23. The van der Waals surface area contributed by atoms with Gasteiger partial charge in [-0.15, -0.1) is 11.3 Å². The summed E-state index contributed by atoms with van der Waals surface area (Å²) in [7, 11) is 0. The summed E-state index contributed by atoms with van der Waals surface area (Å²) in [6.07, 6.45) is 0. The first-order valence-electron chi connectivity index (χ1n) is 8.27. The van der Waals surface area contributed by atoms with Crippen LogP contribution in [0.2, 0.25) is 0 Å². The van der Waals surface area contributed by atoms with Crippen LogP contribution >= 0.6 is 11.3 Å². The zero-order valence-electron chi connectivity index (χ0n) is 14.9. The van der Waals surface area contributed by atoms with E-state index >= 15 is 0 Å². The van der Waals surface area contributed by atoms with Gasteiger partial charge in [-0.1, -0.05) is 18.2 Å². The fourth-order valence-electron chi connectivity index (χ4n) is 2.46. The van der Waals surface area contributed by atoms with Crippen molar-refractivity contribution in [3.05, 3.63) is 80.8 Å². The lowest BCUT2D eigenvalue weighted by molar-refractivity contribution is 0.103. The molecule has 0 atom stereocenters. The van der Waals surface area contributed by atoms with Crippen molar-refractivity contribution in [1.82, 2.24) is 0 Å². The van der Waals surface area contributed by atoms with E-state index in [0.29, 0.717) is 22.7 Å². The van der Waals surface area contributed by atoms with Crippen LogP contribution in [0.15, 0.2) is 47.8 Å². The van der Waals surface area contributed by atoms with E-state index in [9.17, 15) is 9.18 Å². The number of amides is 1. The van der Waals surface area contributed by atoms with E-state index in [4.69, 9.17) is 4.74 Å². The number of hydrogen-bond donors (Lipinski definition) is 1. The molecular weight excluding hydrogens is 349 g/mol. The van der Waals surface area contributed by atoms with Crippen molar-refractivity contribution in [3.63, 3.8) is 0 Å². The molecule has 0 unspecified atom stereocenters. The lowest BCUT2D eigenvalue weighted by atomic mass is 10.1. The molecule has 3 nitrogen and oxygen atoms in total. The van der Waals surface area contributed by atoms with Crippen molar-refractivity contribution in [2.45, 2.75) is 27.4 Å². The third-order valence-electron chi connectivity index (χ3n) is 4.05. The number of halogens is 1. The number of carbonyl (C=O) groups is 1. The first kappa shape index (κ1) is 18.1. The molecule has 0 radical (unpaired) electrons. The van der Waals surface area contributed by atoms with Crippen LogP contribution in [0.3, 0.4) is 0 Å². The van der Waals surface area contributed by atoms with Crippen LogP contribution in [0.5, 0.6) is 5.75 Å². The molecule has 2 aromatic carbocycles. The summed E-state index contributed by atoms with van der Waals surface area (Å²) in [4.78, 5) is 12.9. The van der Waals surface area contributed by atoms with Crippen LogP contribution in [0, 0.1) is 26.6 Å². The number of hydrogen-bond acceptors (Lipinski definition) is 3. The summed E-state index contributed by atoms with van der Waals surface area (Å²) in [6.45, 7) is 6.10. The minimum absolute atomic E-state index is 0.253. The van der Waals surface area contributed by atoms with Gasteiger partial charge in [0.1, 0.15) is 18.2 Å². The number of carbonyl (C=O) groups excluding carboxylic acids is 1. The van der Waals surface area contributed by atoms with E-state index in [2.05, 4.69) is 5.32 Å². The van der Waals surface area contributed by atoms with E-state index < -0.39 is 0 Å². The molecule has 1 amide bonds. The number of anilines is 1. The molecular formula is C21H20FNO2S. The molecule has 0 spiro atoms. The summed E-state index contributed by atoms with van der Waals surface area (Å²) in [5.41, 5.74) is 4.13. The Morgan fingerprint density at radius 3 is 2.62 bits per heavy atom. The Kier molecular flexibility index (Phi) is 5.38. The Morgan fingerprint density at radius 2 is 1.85 bits per heavy atom. The Morgan fingerprint density at radius 1 is 1.08 bits per heavy atom. The third kappa shape index (κ3) is 4.29. The molecule has 1 N–H and O–H groups in total. The second kappa shape index (κ2) is 7.70. The Hall–Kier alpha value is -2.66. The Labute approximate surface area is 156 Å². The zero-order valence-corrected chi connectivity index (χ0v) is 15.7. The van der Waals surface area contributed by atoms with E-state index in [1.807, 2.05) is 37.4 Å². The van der Waals surface area contributed by atoms with Gasteiger partial charge in [0, 0.05) is 11.3 Å². The highest BCUT2D eigenvalue weighted by Gasteiger charge is 2.11. The third-order valence-corrected chi connectivity index (χ3v) is 5.02. The molecule has 0 saturated heterocycles. The highest BCUT2D eigenvalue weighted by atomic mass is 32.1. The van der Waals surface area contributed by atoms with Crippen LogP contribution < -0.4 is 10.1 Å². The first-order chi connectivity index (χ1) is 12.4. The second-order valence-electron chi connectivity index (χ2n) is 6.29. The van der Waals surface area contributed by atoms with Crippen LogP contribution in [-0.4, -0.2) is 5.91 Å². The average Bonchev–Trinajstić information content (AvgIpc) is 3.08. The van der Waals surface area contributed by atoms with Crippen molar-refractivity contribution in [3.8, 4) is 5.75 Å². The quantitative estimate of drug-likeness (QED) is 0.632. The minimum Gasteiger partial charge on any atom is -0.489 e. The second-order valence-corrected chi connectivity index (χ2v) is 7.21. The smallest absolute Gasteiger partial charge is 0.265 e.